The van der Waals surface area contributed by atoms with E-state index in [1.165, 1.54) is 0 Å². The molecule has 0 radical (unpaired) electrons. The van der Waals surface area contributed by atoms with Gasteiger partial charge in [0.05, 0.1) is 0 Å². The fraction of sp³-hybridized carbons (Fsp3) is 0.273. The van der Waals surface area contributed by atoms with Crippen LogP contribution in [0.4, 0.5) is 5.69 Å². The Morgan fingerprint density at radius 2 is 1.94 bits per heavy atom. The Bertz CT molecular complexity index is 373. The lowest BCUT2D eigenvalue weighted by molar-refractivity contribution is -0.120. The molecule has 0 aliphatic heterocycles. The zero-order valence-corrected chi connectivity index (χ0v) is 9.03. The molecular weight excluding hydrogens is 208 g/mol. The summed E-state index contributed by atoms with van der Waals surface area (Å²) in [7, 11) is 0. The van der Waals surface area contributed by atoms with E-state index in [1.807, 2.05) is 6.92 Å². The molecule has 86 valence electrons. The number of nitrogens with one attached hydrogen (secondary N) is 1. The average Bonchev–Trinajstić information content (AvgIpc) is 2.27. The van der Waals surface area contributed by atoms with Crippen molar-refractivity contribution in [1.29, 1.82) is 0 Å². The number of ether oxygens (including phenoxy) is 1. The lowest BCUT2D eigenvalue weighted by Crippen LogP contribution is -2.18. The lowest BCUT2D eigenvalue weighted by atomic mass is 10.2. The Morgan fingerprint density at radius 3 is 2.44 bits per heavy atom. The molecule has 0 spiro atoms. The van der Waals surface area contributed by atoms with Crippen molar-refractivity contribution in [2.45, 2.75) is 6.92 Å². The van der Waals surface area contributed by atoms with Gasteiger partial charge in [0, 0.05) is 17.9 Å². The first kappa shape index (κ1) is 12.2. The van der Waals surface area contributed by atoms with Crippen LogP contribution in [-0.2, 0) is 9.53 Å². The number of hydrogen-bond donors (Lipinski definition) is 2. The zero-order valence-electron chi connectivity index (χ0n) is 9.03. The Kier molecular flexibility index (Phi) is 4.47. The quantitative estimate of drug-likeness (QED) is 0.771. The maximum absolute atomic E-state index is 11.3. The molecule has 0 saturated heterocycles. The van der Waals surface area contributed by atoms with Crippen LogP contribution < -0.4 is 11.1 Å². The minimum atomic E-state index is -0.493. The van der Waals surface area contributed by atoms with E-state index < -0.39 is 5.91 Å². The SMILES string of the molecule is CCOCC(=O)Nc1ccc(C(N)=O)cc1. The summed E-state index contributed by atoms with van der Waals surface area (Å²) in [5.74, 6) is -0.721. The van der Waals surface area contributed by atoms with Gasteiger partial charge in [-0.15, -0.1) is 0 Å². The predicted molar refractivity (Wildman–Crippen MR) is 60.1 cm³/mol. The van der Waals surface area contributed by atoms with Crippen molar-refractivity contribution in [1.82, 2.24) is 0 Å². The van der Waals surface area contributed by atoms with Gasteiger partial charge in [-0.3, -0.25) is 9.59 Å². The van der Waals surface area contributed by atoms with E-state index in [9.17, 15) is 9.59 Å². The highest BCUT2D eigenvalue weighted by molar-refractivity contribution is 5.95. The number of anilines is 1. The summed E-state index contributed by atoms with van der Waals surface area (Å²) in [6.07, 6.45) is 0. The number of carbonyl (C=O) groups excluding carboxylic acids is 2. The second-order valence-corrected chi connectivity index (χ2v) is 3.13. The number of primary amides is 1. The van der Waals surface area contributed by atoms with Gasteiger partial charge < -0.3 is 15.8 Å². The third-order valence-electron chi connectivity index (χ3n) is 1.89. The molecule has 0 aromatic heterocycles. The van der Waals surface area contributed by atoms with Crippen LogP contribution in [0.1, 0.15) is 17.3 Å². The second kappa shape index (κ2) is 5.87. The number of carbonyl (C=O) groups is 2. The molecule has 0 fully saturated rings. The first-order valence-electron chi connectivity index (χ1n) is 4.91. The largest absolute Gasteiger partial charge is 0.372 e. The number of amides is 2. The third kappa shape index (κ3) is 3.70. The fourth-order valence-electron chi connectivity index (χ4n) is 1.11. The molecule has 0 unspecified atom stereocenters. The van der Waals surface area contributed by atoms with Crippen LogP contribution in [0.25, 0.3) is 0 Å². The molecule has 1 aromatic rings. The Balaban J connectivity index is 2.55. The Morgan fingerprint density at radius 1 is 1.31 bits per heavy atom. The molecule has 0 heterocycles. The van der Waals surface area contributed by atoms with Crippen LogP contribution >= 0.6 is 0 Å². The summed E-state index contributed by atoms with van der Waals surface area (Å²) in [6.45, 7) is 2.33. The molecule has 0 atom stereocenters. The normalized spacial score (nSPS) is 9.81. The monoisotopic (exact) mass is 222 g/mol. The van der Waals surface area contributed by atoms with Crippen LogP contribution in [0.15, 0.2) is 24.3 Å². The van der Waals surface area contributed by atoms with Gasteiger partial charge in [0.1, 0.15) is 6.61 Å². The fourth-order valence-corrected chi connectivity index (χ4v) is 1.11. The van der Waals surface area contributed by atoms with Gasteiger partial charge in [-0.2, -0.15) is 0 Å². The van der Waals surface area contributed by atoms with E-state index >= 15 is 0 Å². The maximum atomic E-state index is 11.3. The summed E-state index contributed by atoms with van der Waals surface area (Å²) >= 11 is 0. The zero-order chi connectivity index (χ0) is 12.0. The van der Waals surface area contributed by atoms with Gasteiger partial charge in [-0.05, 0) is 31.2 Å². The summed E-state index contributed by atoms with van der Waals surface area (Å²) in [6, 6.07) is 6.34. The molecule has 0 saturated carbocycles. The molecule has 2 amide bonds. The summed E-state index contributed by atoms with van der Waals surface area (Å²) < 4.78 is 4.94. The van der Waals surface area contributed by atoms with Crippen molar-refractivity contribution in [2.75, 3.05) is 18.5 Å². The minimum Gasteiger partial charge on any atom is -0.372 e. The first-order chi connectivity index (χ1) is 7.63. The van der Waals surface area contributed by atoms with Crippen molar-refractivity contribution >= 4 is 17.5 Å². The summed E-state index contributed by atoms with van der Waals surface area (Å²) in [5.41, 5.74) is 6.10. The lowest BCUT2D eigenvalue weighted by Gasteiger charge is -2.05. The molecule has 1 aromatic carbocycles. The molecule has 1 rings (SSSR count). The second-order valence-electron chi connectivity index (χ2n) is 3.13. The van der Waals surface area contributed by atoms with Crippen molar-refractivity contribution in [3.63, 3.8) is 0 Å². The maximum Gasteiger partial charge on any atom is 0.250 e. The number of nitrogens with two attached hydrogens (primary N) is 1. The standard InChI is InChI=1S/C11H14N2O3/c1-2-16-7-10(14)13-9-5-3-8(4-6-9)11(12)15/h3-6H,2,7H2,1H3,(H2,12,15)(H,13,14). The molecule has 3 N–H and O–H groups in total. The Hall–Kier alpha value is -1.88. The van der Waals surface area contributed by atoms with E-state index in [-0.39, 0.29) is 12.5 Å². The van der Waals surface area contributed by atoms with Crippen molar-refractivity contribution < 1.29 is 14.3 Å². The van der Waals surface area contributed by atoms with E-state index in [0.717, 1.165) is 0 Å². The number of rotatable bonds is 5. The topological polar surface area (TPSA) is 81.4 Å². The smallest absolute Gasteiger partial charge is 0.250 e. The van der Waals surface area contributed by atoms with Crippen molar-refractivity contribution in [3.05, 3.63) is 29.8 Å². The van der Waals surface area contributed by atoms with Gasteiger partial charge in [-0.1, -0.05) is 0 Å². The Labute approximate surface area is 93.6 Å². The van der Waals surface area contributed by atoms with Crippen LogP contribution in [0.3, 0.4) is 0 Å². The minimum absolute atomic E-state index is 0.0219. The number of benzene rings is 1. The highest BCUT2D eigenvalue weighted by atomic mass is 16.5. The first-order valence-corrected chi connectivity index (χ1v) is 4.91. The number of hydrogen-bond acceptors (Lipinski definition) is 3. The van der Waals surface area contributed by atoms with Gasteiger partial charge in [0.2, 0.25) is 11.8 Å². The highest BCUT2D eigenvalue weighted by Gasteiger charge is 2.03. The average molecular weight is 222 g/mol. The van der Waals surface area contributed by atoms with Crippen molar-refractivity contribution in [3.8, 4) is 0 Å². The van der Waals surface area contributed by atoms with E-state index in [1.54, 1.807) is 24.3 Å². The summed E-state index contributed by atoms with van der Waals surface area (Å²) in [5, 5.41) is 2.63. The van der Waals surface area contributed by atoms with Gasteiger partial charge >= 0.3 is 0 Å². The van der Waals surface area contributed by atoms with Gasteiger partial charge in [0.15, 0.2) is 0 Å². The van der Waals surface area contributed by atoms with E-state index in [0.29, 0.717) is 17.9 Å². The van der Waals surface area contributed by atoms with Gasteiger partial charge in [0.25, 0.3) is 0 Å². The van der Waals surface area contributed by atoms with Crippen LogP contribution in [-0.4, -0.2) is 25.0 Å². The van der Waals surface area contributed by atoms with Crippen molar-refractivity contribution in [2.24, 2.45) is 5.73 Å². The third-order valence-corrected chi connectivity index (χ3v) is 1.89. The molecule has 0 bridgehead atoms. The van der Waals surface area contributed by atoms with Crippen LogP contribution in [0, 0.1) is 0 Å². The predicted octanol–water partition coefficient (Wildman–Crippen LogP) is 0.760. The summed E-state index contributed by atoms with van der Waals surface area (Å²) in [4.78, 5) is 22.1. The molecule has 16 heavy (non-hydrogen) atoms. The van der Waals surface area contributed by atoms with Crippen LogP contribution in [0.5, 0.6) is 0 Å². The van der Waals surface area contributed by atoms with E-state index in [2.05, 4.69) is 5.32 Å². The molecular formula is C11H14N2O3. The highest BCUT2D eigenvalue weighted by Crippen LogP contribution is 2.08. The molecule has 0 aliphatic rings. The molecule has 5 nitrogen and oxygen atoms in total. The molecule has 5 heteroatoms. The van der Waals surface area contributed by atoms with Crippen LogP contribution in [0.2, 0.25) is 0 Å². The van der Waals surface area contributed by atoms with E-state index in [4.69, 9.17) is 10.5 Å². The molecule has 0 aliphatic carbocycles. The van der Waals surface area contributed by atoms with Gasteiger partial charge in [-0.25, -0.2) is 0 Å².